The molecule has 7 heteroatoms. The SMILES string of the molecule is Cn1c(=O)sc2cc(NC(=O)c3ccc(Br)o3)ccc21. The maximum absolute atomic E-state index is 11.9. The summed E-state index contributed by atoms with van der Waals surface area (Å²) in [5.74, 6) is -0.114. The number of aryl methyl sites for hydroxylation is 1. The molecule has 3 rings (SSSR count). The Bertz CT molecular complexity index is 862. The van der Waals surface area contributed by atoms with Gasteiger partial charge in [0.05, 0.1) is 10.2 Å². The minimum Gasteiger partial charge on any atom is -0.444 e. The number of furan rings is 1. The zero-order chi connectivity index (χ0) is 14.3. The molecular weight excluding hydrogens is 344 g/mol. The smallest absolute Gasteiger partial charge is 0.307 e. The van der Waals surface area contributed by atoms with Crippen LogP contribution in [0.2, 0.25) is 0 Å². The van der Waals surface area contributed by atoms with Crippen molar-refractivity contribution in [2.45, 2.75) is 0 Å². The van der Waals surface area contributed by atoms with Gasteiger partial charge in [0.2, 0.25) is 0 Å². The molecule has 1 amide bonds. The largest absolute Gasteiger partial charge is 0.444 e. The Morgan fingerprint density at radius 1 is 1.35 bits per heavy atom. The second kappa shape index (κ2) is 4.92. The molecule has 0 bridgehead atoms. The summed E-state index contributed by atoms with van der Waals surface area (Å²) < 4.78 is 8.09. The zero-order valence-electron chi connectivity index (χ0n) is 10.3. The average molecular weight is 353 g/mol. The van der Waals surface area contributed by atoms with Gasteiger partial charge in [-0.1, -0.05) is 11.3 Å². The van der Waals surface area contributed by atoms with Crippen LogP contribution >= 0.6 is 27.3 Å². The molecular formula is C13H9BrN2O3S. The highest BCUT2D eigenvalue weighted by molar-refractivity contribution is 9.10. The topological polar surface area (TPSA) is 64.2 Å². The summed E-state index contributed by atoms with van der Waals surface area (Å²) in [7, 11) is 1.72. The van der Waals surface area contributed by atoms with Crippen LogP contribution in [0.15, 0.2) is 44.2 Å². The third kappa shape index (κ3) is 2.30. The summed E-state index contributed by atoms with van der Waals surface area (Å²) in [4.78, 5) is 23.5. The van der Waals surface area contributed by atoms with Gasteiger partial charge >= 0.3 is 4.87 Å². The molecule has 2 aromatic heterocycles. The highest BCUT2D eigenvalue weighted by Crippen LogP contribution is 2.22. The molecule has 0 radical (unpaired) electrons. The number of carbonyl (C=O) groups is 1. The van der Waals surface area contributed by atoms with Crippen LogP contribution in [0.5, 0.6) is 0 Å². The van der Waals surface area contributed by atoms with Gasteiger partial charge in [0.15, 0.2) is 10.4 Å². The number of benzene rings is 1. The predicted molar refractivity (Wildman–Crippen MR) is 81.4 cm³/mol. The number of hydrogen-bond donors (Lipinski definition) is 1. The summed E-state index contributed by atoms with van der Waals surface area (Å²) in [6.45, 7) is 0. The van der Waals surface area contributed by atoms with Crippen molar-refractivity contribution in [1.29, 1.82) is 0 Å². The molecule has 1 N–H and O–H groups in total. The van der Waals surface area contributed by atoms with Crippen molar-refractivity contribution in [2.75, 3.05) is 5.32 Å². The van der Waals surface area contributed by atoms with Gasteiger partial charge in [-0.05, 0) is 46.3 Å². The number of amides is 1. The second-order valence-electron chi connectivity index (χ2n) is 4.17. The van der Waals surface area contributed by atoms with E-state index in [1.165, 1.54) is 0 Å². The number of carbonyl (C=O) groups excluding carboxylic acids is 1. The number of nitrogens with zero attached hydrogens (tertiary/aromatic N) is 1. The fourth-order valence-electron chi connectivity index (χ4n) is 1.84. The second-order valence-corrected chi connectivity index (χ2v) is 5.94. The number of aromatic nitrogens is 1. The van der Waals surface area contributed by atoms with Crippen LogP contribution in [-0.4, -0.2) is 10.5 Å². The lowest BCUT2D eigenvalue weighted by molar-refractivity contribution is 0.0995. The molecule has 0 unspecified atom stereocenters. The molecule has 102 valence electrons. The highest BCUT2D eigenvalue weighted by Gasteiger charge is 2.12. The van der Waals surface area contributed by atoms with Crippen molar-refractivity contribution < 1.29 is 9.21 Å². The van der Waals surface area contributed by atoms with Crippen LogP contribution in [0.1, 0.15) is 10.6 Å². The molecule has 20 heavy (non-hydrogen) atoms. The van der Waals surface area contributed by atoms with Crippen LogP contribution in [0.25, 0.3) is 10.2 Å². The molecule has 0 aliphatic carbocycles. The molecule has 0 saturated carbocycles. The maximum atomic E-state index is 11.9. The minimum atomic E-state index is -0.335. The molecule has 0 aliphatic heterocycles. The minimum absolute atomic E-state index is 0.0292. The molecule has 2 heterocycles. The standard InChI is InChI=1S/C13H9BrN2O3S/c1-16-8-3-2-7(6-10(8)20-13(16)18)15-12(17)9-4-5-11(14)19-9/h2-6H,1H3,(H,15,17). The molecule has 5 nitrogen and oxygen atoms in total. The van der Waals surface area contributed by atoms with Crippen molar-refractivity contribution >= 4 is 49.1 Å². The Hall–Kier alpha value is -1.86. The van der Waals surface area contributed by atoms with E-state index in [4.69, 9.17) is 4.42 Å². The lowest BCUT2D eigenvalue weighted by atomic mass is 10.3. The highest BCUT2D eigenvalue weighted by atomic mass is 79.9. The summed E-state index contributed by atoms with van der Waals surface area (Å²) in [5, 5.41) is 2.73. The van der Waals surface area contributed by atoms with Gasteiger partial charge in [0, 0.05) is 12.7 Å². The molecule has 0 fully saturated rings. The van der Waals surface area contributed by atoms with E-state index in [0.29, 0.717) is 10.4 Å². The van der Waals surface area contributed by atoms with Crippen molar-refractivity contribution in [2.24, 2.45) is 7.05 Å². The molecule has 1 aromatic carbocycles. The molecule has 3 aromatic rings. The van der Waals surface area contributed by atoms with E-state index < -0.39 is 0 Å². The van der Waals surface area contributed by atoms with E-state index in [1.807, 2.05) is 0 Å². The molecule has 0 aliphatic rings. The summed E-state index contributed by atoms with van der Waals surface area (Å²) >= 11 is 4.29. The summed E-state index contributed by atoms with van der Waals surface area (Å²) in [6.07, 6.45) is 0. The Balaban J connectivity index is 1.91. The number of anilines is 1. The number of thiazole rings is 1. The van der Waals surface area contributed by atoms with Gasteiger partial charge in [-0.3, -0.25) is 9.59 Å². The summed E-state index contributed by atoms with van der Waals surface area (Å²) in [5.41, 5.74) is 1.47. The Labute approximate surface area is 126 Å². The maximum Gasteiger partial charge on any atom is 0.307 e. The Morgan fingerprint density at radius 2 is 2.15 bits per heavy atom. The van der Waals surface area contributed by atoms with Gasteiger partial charge in [0.1, 0.15) is 0 Å². The van der Waals surface area contributed by atoms with Crippen molar-refractivity contribution in [3.63, 3.8) is 0 Å². The van der Waals surface area contributed by atoms with Gasteiger partial charge in [0.25, 0.3) is 5.91 Å². The zero-order valence-corrected chi connectivity index (χ0v) is 12.7. The number of fused-ring (bicyclic) bond motifs is 1. The normalized spacial score (nSPS) is 10.9. The van der Waals surface area contributed by atoms with Gasteiger partial charge in [-0.2, -0.15) is 0 Å². The number of nitrogens with one attached hydrogen (secondary N) is 1. The molecule has 0 spiro atoms. The third-order valence-electron chi connectivity index (χ3n) is 2.85. The average Bonchev–Trinajstić information content (AvgIpc) is 2.95. The fourth-order valence-corrected chi connectivity index (χ4v) is 3.07. The van der Waals surface area contributed by atoms with Gasteiger partial charge < -0.3 is 14.3 Å². The van der Waals surface area contributed by atoms with Crippen LogP contribution in [0.3, 0.4) is 0 Å². The van der Waals surface area contributed by atoms with E-state index in [0.717, 1.165) is 21.6 Å². The van der Waals surface area contributed by atoms with Crippen molar-refractivity contribution in [3.05, 3.63) is 50.4 Å². The van der Waals surface area contributed by atoms with Crippen LogP contribution < -0.4 is 10.2 Å². The first-order valence-corrected chi connectivity index (χ1v) is 7.32. The first kappa shape index (κ1) is 13.1. The fraction of sp³-hybridized carbons (Fsp3) is 0.0769. The van der Waals surface area contributed by atoms with E-state index in [9.17, 15) is 9.59 Å². The van der Waals surface area contributed by atoms with Gasteiger partial charge in [-0.25, -0.2) is 0 Å². The quantitative estimate of drug-likeness (QED) is 0.770. The molecule has 0 atom stereocenters. The van der Waals surface area contributed by atoms with Crippen molar-refractivity contribution in [1.82, 2.24) is 4.57 Å². The number of halogens is 1. The lowest BCUT2D eigenvalue weighted by Gasteiger charge is -2.03. The Morgan fingerprint density at radius 3 is 2.85 bits per heavy atom. The number of rotatable bonds is 2. The van der Waals surface area contributed by atoms with Gasteiger partial charge in [-0.15, -0.1) is 0 Å². The van der Waals surface area contributed by atoms with E-state index >= 15 is 0 Å². The Kier molecular flexibility index (Phi) is 3.23. The molecule has 0 saturated heterocycles. The first-order chi connectivity index (χ1) is 9.54. The first-order valence-electron chi connectivity index (χ1n) is 5.71. The summed E-state index contributed by atoms with van der Waals surface area (Å²) in [6, 6.07) is 8.57. The predicted octanol–water partition coefficient (Wildman–Crippen LogP) is 3.21. The van der Waals surface area contributed by atoms with Crippen molar-refractivity contribution in [3.8, 4) is 0 Å². The van der Waals surface area contributed by atoms with Crippen LogP contribution in [0, 0.1) is 0 Å². The van der Waals surface area contributed by atoms with E-state index in [-0.39, 0.29) is 16.5 Å². The third-order valence-corrected chi connectivity index (χ3v) is 4.27. The van der Waals surface area contributed by atoms with Crippen LogP contribution in [0.4, 0.5) is 5.69 Å². The van der Waals surface area contributed by atoms with E-state index in [2.05, 4.69) is 21.2 Å². The van der Waals surface area contributed by atoms with E-state index in [1.54, 1.807) is 41.9 Å². The monoisotopic (exact) mass is 352 g/mol. The number of hydrogen-bond acceptors (Lipinski definition) is 4. The lowest BCUT2D eigenvalue weighted by Crippen LogP contribution is -2.10. The van der Waals surface area contributed by atoms with Crippen LogP contribution in [-0.2, 0) is 7.05 Å².